The topological polar surface area (TPSA) is 52.7 Å². The molecule has 1 atom stereocenters. The van der Waals surface area contributed by atoms with Crippen LogP contribution in [0.25, 0.3) is 0 Å². The fraction of sp³-hybridized carbons (Fsp3) is 0.462. The van der Waals surface area contributed by atoms with Crippen LogP contribution in [0, 0.1) is 5.92 Å². The summed E-state index contributed by atoms with van der Waals surface area (Å²) < 4.78 is 0. The molecule has 2 aromatic carbocycles. The number of carbonyl (C=O) groups excluding carboxylic acids is 2. The van der Waals surface area contributed by atoms with Gasteiger partial charge in [-0.25, -0.2) is 0 Å². The van der Waals surface area contributed by atoms with Crippen molar-refractivity contribution in [2.45, 2.75) is 59.5 Å². The van der Waals surface area contributed by atoms with Crippen LogP contribution in [0.3, 0.4) is 0 Å². The second-order valence-corrected chi connectivity index (χ2v) is 8.81. The summed E-state index contributed by atoms with van der Waals surface area (Å²) in [6, 6.07) is 15.9. The summed E-state index contributed by atoms with van der Waals surface area (Å²) in [5.41, 5.74) is 3.85. The van der Waals surface area contributed by atoms with Crippen molar-refractivity contribution in [2.24, 2.45) is 5.92 Å². The predicted octanol–water partition coefficient (Wildman–Crippen LogP) is 5.28. The molecule has 0 aromatic heterocycles. The second kappa shape index (κ2) is 11.0. The first-order valence-electron chi connectivity index (χ1n) is 11.1. The first-order valence-corrected chi connectivity index (χ1v) is 11.1. The van der Waals surface area contributed by atoms with Crippen molar-refractivity contribution in [3.63, 3.8) is 0 Å². The summed E-state index contributed by atoms with van der Waals surface area (Å²) >= 11 is 0. The Bertz CT molecular complexity index is 875. The molecule has 5 nitrogen and oxygen atoms in total. The molecule has 0 fully saturated rings. The van der Waals surface area contributed by atoms with E-state index in [1.54, 1.807) is 0 Å². The molecule has 168 valence electrons. The van der Waals surface area contributed by atoms with E-state index in [-0.39, 0.29) is 29.7 Å². The first kappa shape index (κ1) is 24.4. The van der Waals surface area contributed by atoms with Crippen molar-refractivity contribution in [2.75, 3.05) is 24.3 Å². The van der Waals surface area contributed by atoms with Crippen molar-refractivity contribution in [3.05, 3.63) is 59.7 Å². The normalized spacial score (nSPS) is 12.0. The molecule has 0 aliphatic heterocycles. The molecule has 2 amide bonds. The lowest BCUT2D eigenvalue weighted by molar-refractivity contribution is -0.135. The summed E-state index contributed by atoms with van der Waals surface area (Å²) in [5.74, 6) is -0.155. The Morgan fingerprint density at radius 1 is 0.968 bits per heavy atom. The Kier molecular flexibility index (Phi) is 8.66. The van der Waals surface area contributed by atoms with Gasteiger partial charge in [-0.15, -0.1) is 0 Å². The highest BCUT2D eigenvalue weighted by atomic mass is 16.2. The van der Waals surface area contributed by atoms with E-state index in [9.17, 15) is 9.59 Å². The van der Waals surface area contributed by atoms with E-state index in [1.807, 2.05) is 86.3 Å². The molecular formula is C26H37N3O2. The minimum atomic E-state index is -0.171. The SMILES string of the molecule is CC[C@H](C(=O)N(Cc1cc(NC(=O)C(C)C)ccc1N(C)C)C(C)C)c1ccccc1. The maximum absolute atomic E-state index is 13.6. The number of anilines is 2. The maximum Gasteiger partial charge on any atom is 0.230 e. The summed E-state index contributed by atoms with van der Waals surface area (Å²) in [4.78, 5) is 29.8. The molecular weight excluding hydrogens is 386 g/mol. The lowest BCUT2D eigenvalue weighted by atomic mass is 9.94. The number of hydrogen-bond donors (Lipinski definition) is 1. The Hall–Kier alpha value is -2.82. The third-order valence-electron chi connectivity index (χ3n) is 5.51. The van der Waals surface area contributed by atoms with Crippen LogP contribution < -0.4 is 10.2 Å². The second-order valence-electron chi connectivity index (χ2n) is 8.81. The van der Waals surface area contributed by atoms with Crippen molar-refractivity contribution >= 4 is 23.2 Å². The molecule has 0 saturated heterocycles. The molecule has 0 aliphatic carbocycles. The molecule has 1 N–H and O–H groups in total. The molecule has 0 aliphatic rings. The molecule has 5 heteroatoms. The Labute approximate surface area is 187 Å². The molecule has 2 aromatic rings. The van der Waals surface area contributed by atoms with Crippen LogP contribution in [-0.4, -0.2) is 36.9 Å². The van der Waals surface area contributed by atoms with E-state index in [0.717, 1.165) is 28.9 Å². The van der Waals surface area contributed by atoms with Gasteiger partial charge in [-0.05, 0) is 49.6 Å². The van der Waals surface area contributed by atoms with Crippen LogP contribution in [0.2, 0.25) is 0 Å². The fourth-order valence-electron chi connectivity index (χ4n) is 3.65. The van der Waals surface area contributed by atoms with Crippen LogP contribution >= 0.6 is 0 Å². The monoisotopic (exact) mass is 423 g/mol. The zero-order chi connectivity index (χ0) is 23.1. The maximum atomic E-state index is 13.6. The summed E-state index contributed by atoms with van der Waals surface area (Å²) in [6.45, 7) is 10.4. The number of carbonyl (C=O) groups is 2. The lowest BCUT2D eigenvalue weighted by Crippen LogP contribution is -2.39. The van der Waals surface area contributed by atoms with Gasteiger partial charge in [0, 0.05) is 44.0 Å². The quantitative estimate of drug-likeness (QED) is 0.597. The van der Waals surface area contributed by atoms with Gasteiger partial charge in [0.15, 0.2) is 0 Å². The van der Waals surface area contributed by atoms with Crippen LogP contribution in [0.15, 0.2) is 48.5 Å². The van der Waals surface area contributed by atoms with E-state index >= 15 is 0 Å². The van der Waals surface area contributed by atoms with Crippen molar-refractivity contribution < 1.29 is 9.59 Å². The van der Waals surface area contributed by atoms with Gasteiger partial charge in [0.1, 0.15) is 0 Å². The zero-order valence-electron chi connectivity index (χ0n) is 20.0. The van der Waals surface area contributed by atoms with E-state index in [0.29, 0.717) is 6.54 Å². The Balaban J connectivity index is 2.38. The standard InChI is InChI=1S/C26H37N3O2/c1-8-23(20-12-10-9-11-13-20)26(31)29(19(4)5)17-21-16-22(27-25(30)18(2)3)14-15-24(21)28(6)7/h9-16,18-19,23H,8,17H2,1-7H3,(H,27,30)/t23-/m0/s1. The van der Waals surface area contributed by atoms with Gasteiger partial charge in [-0.2, -0.15) is 0 Å². The van der Waals surface area contributed by atoms with E-state index < -0.39 is 0 Å². The van der Waals surface area contributed by atoms with Gasteiger partial charge in [0.05, 0.1) is 5.92 Å². The van der Waals surface area contributed by atoms with Crippen LogP contribution in [0.4, 0.5) is 11.4 Å². The van der Waals surface area contributed by atoms with E-state index in [2.05, 4.69) is 26.1 Å². The van der Waals surface area contributed by atoms with Crippen LogP contribution in [-0.2, 0) is 16.1 Å². The highest BCUT2D eigenvalue weighted by Gasteiger charge is 2.27. The number of amides is 2. The summed E-state index contributed by atoms with van der Waals surface area (Å²) in [7, 11) is 3.98. The number of hydrogen-bond acceptors (Lipinski definition) is 3. The molecule has 0 radical (unpaired) electrons. The van der Waals surface area contributed by atoms with Gasteiger partial charge in [-0.3, -0.25) is 9.59 Å². The third-order valence-corrected chi connectivity index (χ3v) is 5.51. The molecule has 31 heavy (non-hydrogen) atoms. The minimum Gasteiger partial charge on any atom is -0.377 e. The Morgan fingerprint density at radius 2 is 1.61 bits per heavy atom. The summed E-state index contributed by atoms with van der Waals surface area (Å²) in [5, 5.41) is 2.98. The number of benzene rings is 2. The highest BCUT2D eigenvalue weighted by molar-refractivity contribution is 5.92. The van der Waals surface area contributed by atoms with Gasteiger partial charge in [0.2, 0.25) is 11.8 Å². The number of nitrogens with one attached hydrogen (secondary N) is 1. The Morgan fingerprint density at radius 3 is 2.13 bits per heavy atom. The minimum absolute atomic E-state index is 0.0181. The van der Waals surface area contributed by atoms with Crippen LogP contribution in [0.5, 0.6) is 0 Å². The largest absolute Gasteiger partial charge is 0.377 e. The average molecular weight is 424 g/mol. The first-order chi connectivity index (χ1) is 14.6. The molecule has 0 heterocycles. The highest BCUT2D eigenvalue weighted by Crippen LogP contribution is 2.29. The smallest absolute Gasteiger partial charge is 0.230 e. The molecule has 0 saturated carbocycles. The average Bonchev–Trinajstić information content (AvgIpc) is 2.72. The number of rotatable bonds is 9. The number of nitrogens with zero attached hydrogens (tertiary/aromatic N) is 2. The molecule has 0 spiro atoms. The zero-order valence-corrected chi connectivity index (χ0v) is 20.0. The van der Waals surface area contributed by atoms with E-state index in [1.165, 1.54) is 0 Å². The summed E-state index contributed by atoms with van der Waals surface area (Å²) in [6.07, 6.45) is 0.747. The molecule has 2 rings (SSSR count). The van der Waals surface area contributed by atoms with Gasteiger partial charge >= 0.3 is 0 Å². The fourth-order valence-corrected chi connectivity index (χ4v) is 3.65. The van der Waals surface area contributed by atoms with E-state index in [4.69, 9.17) is 0 Å². The van der Waals surface area contributed by atoms with Gasteiger partial charge in [0.25, 0.3) is 0 Å². The van der Waals surface area contributed by atoms with Crippen LogP contribution in [0.1, 0.15) is 58.1 Å². The van der Waals surface area contributed by atoms with Crippen molar-refractivity contribution in [1.29, 1.82) is 0 Å². The van der Waals surface area contributed by atoms with Gasteiger partial charge in [-0.1, -0.05) is 51.1 Å². The molecule has 0 unspecified atom stereocenters. The van der Waals surface area contributed by atoms with Crippen molar-refractivity contribution in [3.8, 4) is 0 Å². The van der Waals surface area contributed by atoms with Crippen molar-refractivity contribution in [1.82, 2.24) is 4.90 Å². The van der Waals surface area contributed by atoms with Gasteiger partial charge < -0.3 is 15.1 Å². The predicted molar refractivity (Wildman–Crippen MR) is 129 cm³/mol. The lowest BCUT2D eigenvalue weighted by Gasteiger charge is -2.32. The third kappa shape index (κ3) is 6.33. The molecule has 0 bridgehead atoms.